The summed E-state index contributed by atoms with van der Waals surface area (Å²) >= 11 is 3.43. The second-order valence-corrected chi connectivity index (χ2v) is 7.79. The number of rotatable bonds is 3. The van der Waals surface area contributed by atoms with Crippen LogP contribution in [0.15, 0.2) is 23.6 Å². The van der Waals surface area contributed by atoms with E-state index in [1.54, 1.807) is 22.7 Å². The maximum Gasteiger partial charge on any atom is 0.308 e. The van der Waals surface area contributed by atoms with Gasteiger partial charge in [0.05, 0.1) is 17.0 Å². The van der Waals surface area contributed by atoms with Crippen molar-refractivity contribution >= 4 is 33.6 Å². The van der Waals surface area contributed by atoms with E-state index >= 15 is 0 Å². The first-order valence-corrected chi connectivity index (χ1v) is 8.87. The highest BCUT2D eigenvalue weighted by atomic mass is 32.1. The fraction of sp³-hybridized carbons (Fsp3) is 0.438. The van der Waals surface area contributed by atoms with Crippen LogP contribution in [0.3, 0.4) is 0 Å². The van der Waals surface area contributed by atoms with E-state index in [1.165, 1.54) is 20.3 Å². The first-order chi connectivity index (χ1) is 10.1. The minimum Gasteiger partial charge on any atom is -0.481 e. The van der Waals surface area contributed by atoms with Crippen LogP contribution in [0.1, 0.15) is 34.2 Å². The molecule has 0 bridgehead atoms. The number of piperidine rings is 1. The lowest BCUT2D eigenvalue weighted by atomic mass is 9.87. The fourth-order valence-corrected chi connectivity index (χ4v) is 5.12. The van der Waals surface area contributed by atoms with E-state index in [9.17, 15) is 9.90 Å². The van der Waals surface area contributed by atoms with Crippen LogP contribution in [0.2, 0.25) is 0 Å². The normalized spacial score (nSPS) is 22.5. The van der Waals surface area contributed by atoms with Crippen LogP contribution in [0.5, 0.6) is 0 Å². The summed E-state index contributed by atoms with van der Waals surface area (Å²) in [7, 11) is 0. The summed E-state index contributed by atoms with van der Waals surface area (Å²) in [5.41, 5.74) is 1.21. The molecule has 3 rings (SSSR count). The summed E-state index contributed by atoms with van der Waals surface area (Å²) in [6.45, 7) is 5.11. The Balaban J connectivity index is 2.04. The Labute approximate surface area is 132 Å². The van der Waals surface area contributed by atoms with Crippen molar-refractivity contribution in [3.05, 3.63) is 38.9 Å². The van der Waals surface area contributed by atoms with Crippen LogP contribution in [0.4, 0.5) is 5.00 Å². The summed E-state index contributed by atoms with van der Waals surface area (Å²) < 4.78 is 0. The third-order valence-corrected chi connectivity index (χ3v) is 6.26. The van der Waals surface area contributed by atoms with Crippen molar-refractivity contribution in [2.75, 3.05) is 11.4 Å². The van der Waals surface area contributed by atoms with Gasteiger partial charge in [-0.15, -0.1) is 22.7 Å². The van der Waals surface area contributed by atoms with Crippen LogP contribution in [-0.2, 0) is 4.79 Å². The van der Waals surface area contributed by atoms with E-state index in [0.717, 1.165) is 19.4 Å². The molecular weight excluding hydrogens is 302 g/mol. The minimum absolute atomic E-state index is 0.0331. The molecule has 21 heavy (non-hydrogen) atoms. The van der Waals surface area contributed by atoms with Gasteiger partial charge in [0.1, 0.15) is 0 Å². The average molecular weight is 321 g/mol. The predicted octanol–water partition coefficient (Wildman–Crippen LogP) is 4.47. The number of anilines is 1. The highest BCUT2D eigenvalue weighted by Crippen LogP contribution is 2.44. The summed E-state index contributed by atoms with van der Waals surface area (Å²) in [6, 6.07) is 6.29. The molecule has 0 amide bonds. The Bertz CT molecular complexity index is 646. The molecule has 0 aliphatic carbocycles. The van der Waals surface area contributed by atoms with Crippen LogP contribution >= 0.6 is 22.7 Å². The van der Waals surface area contributed by atoms with Gasteiger partial charge < -0.3 is 10.0 Å². The molecule has 112 valence electrons. The fourth-order valence-electron chi connectivity index (χ4n) is 3.09. The van der Waals surface area contributed by atoms with Gasteiger partial charge >= 0.3 is 5.97 Å². The molecule has 0 saturated carbocycles. The summed E-state index contributed by atoms with van der Waals surface area (Å²) in [4.78, 5) is 16.5. The van der Waals surface area contributed by atoms with Gasteiger partial charge in [-0.05, 0) is 55.8 Å². The topological polar surface area (TPSA) is 40.5 Å². The van der Waals surface area contributed by atoms with Crippen LogP contribution in [-0.4, -0.2) is 17.6 Å². The van der Waals surface area contributed by atoms with E-state index < -0.39 is 5.97 Å². The molecule has 1 fully saturated rings. The third-order valence-electron chi connectivity index (χ3n) is 4.13. The molecular formula is C16H19NO2S2. The molecule has 1 aliphatic rings. The van der Waals surface area contributed by atoms with Gasteiger partial charge in [-0.2, -0.15) is 0 Å². The zero-order chi connectivity index (χ0) is 15.0. The van der Waals surface area contributed by atoms with Crippen molar-refractivity contribution in [2.24, 2.45) is 5.92 Å². The lowest BCUT2D eigenvalue weighted by Crippen LogP contribution is -2.41. The van der Waals surface area contributed by atoms with Crippen LogP contribution in [0, 0.1) is 19.8 Å². The number of hydrogen-bond acceptors (Lipinski definition) is 4. The van der Waals surface area contributed by atoms with E-state index in [0.29, 0.717) is 0 Å². The van der Waals surface area contributed by atoms with Gasteiger partial charge in [0.15, 0.2) is 0 Å². The number of carbonyl (C=O) groups is 1. The highest BCUT2D eigenvalue weighted by Gasteiger charge is 2.39. The number of carboxylic acids is 1. The van der Waals surface area contributed by atoms with E-state index in [4.69, 9.17) is 0 Å². The molecule has 3 nitrogen and oxygen atoms in total. The first kappa shape index (κ1) is 14.6. The highest BCUT2D eigenvalue weighted by molar-refractivity contribution is 7.16. The SMILES string of the molecule is Cc1ccc(N2CCCC(C(=O)O)C2c2sccc2C)s1. The Morgan fingerprint density at radius 1 is 1.33 bits per heavy atom. The number of aliphatic carboxylic acids is 1. The van der Waals surface area contributed by atoms with Gasteiger partial charge in [-0.3, -0.25) is 4.79 Å². The lowest BCUT2D eigenvalue weighted by Gasteiger charge is -2.40. The van der Waals surface area contributed by atoms with Crippen molar-refractivity contribution in [3.8, 4) is 0 Å². The Morgan fingerprint density at radius 3 is 2.71 bits per heavy atom. The number of aryl methyl sites for hydroxylation is 2. The van der Waals surface area contributed by atoms with Crippen molar-refractivity contribution < 1.29 is 9.90 Å². The smallest absolute Gasteiger partial charge is 0.308 e. The molecule has 0 aromatic carbocycles. The summed E-state index contributed by atoms with van der Waals surface area (Å²) in [5, 5.41) is 12.9. The molecule has 2 unspecified atom stereocenters. The summed E-state index contributed by atoms with van der Waals surface area (Å²) in [5.74, 6) is -0.996. The predicted molar refractivity (Wildman–Crippen MR) is 88.6 cm³/mol. The van der Waals surface area contributed by atoms with E-state index in [-0.39, 0.29) is 12.0 Å². The molecule has 3 heterocycles. The molecule has 0 radical (unpaired) electrons. The van der Waals surface area contributed by atoms with Gasteiger partial charge in [0, 0.05) is 16.3 Å². The van der Waals surface area contributed by atoms with E-state index in [2.05, 4.69) is 42.3 Å². The number of carboxylic acid groups (broad SMARTS) is 1. The quantitative estimate of drug-likeness (QED) is 0.907. The average Bonchev–Trinajstić information content (AvgIpc) is 3.06. The first-order valence-electron chi connectivity index (χ1n) is 7.18. The van der Waals surface area contributed by atoms with Crippen molar-refractivity contribution in [3.63, 3.8) is 0 Å². The maximum atomic E-state index is 11.7. The van der Waals surface area contributed by atoms with Crippen LogP contribution < -0.4 is 4.90 Å². The van der Waals surface area contributed by atoms with Crippen molar-refractivity contribution in [1.82, 2.24) is 0 Å². The number of nitrogens with zero attached hydrogens (tertiary/aromatic N) is 1. The summed E-state index contributed by atoms with van der Waals surface area (Å²) in [6.07, 6.45) is 1.70. The zero-order valence-corrected chi connectivity index (χ0v) is 13.8. The van der Waals surface area contributed by atoms with Gasteiger partial charge in [0.2, 0.25) is 0 Å². The third kappa shape index (κ3) is 2.72. The minimum atomic E-state index is -0.675. The molecule has 2 aromatic heterocycles. The van der Waals surface area contributed by atoms with Gasteiger partial charge in [0.25, 0.3) is 0 Å². The number of hydrogen-bond donors (Lipinski definition) is 1. The standard InChI is InChI=1S/C16H19NO2S2/c1-10-7-9-20-15(10)14-12(16(18)19)4-3-8-17(14)13-6-5-11(2)21-13/h5-7,9,12,14H,3-4,8H2,1-2H3,(H,18,19). The number of thiophene rings is 2. The van der Waals surface area contributed by atoms with Gasteiger partial charge in [-0.25, -0.2) is 0 Å². The van der Waals surface area contributed by atoms with Gasteiger partial charge in [-0.1, -0.05) is 0 Å². The maximum absolute atomic E-state index is 11.7. The second-order valence-electron chi connectivity index (χ2n) is 5.58. The largest absolute Gasteiger partial charge is 0.481 e. The molecule has 1 aliphatic heterocycles. The Hall–Kier alpha value is -1.33. The monoisotopic (exact) mass is 321 g/mol. The lowest BCUT2D eigenvalue weighted by molar-refractivity contribution is -0.143. The second kappa shape index (κ2) is 5.81. The molecule has 0 spiro atoms. The van der Waals surface area contributed by atoms with Crippen LogP contribution in [0.25, 0.3) is 0 Å². The zero-order valence-electron chi connectivity index (χ0n) is 12.2. The molecule has 2 aromatic rings. The van der Waals surface area contributed by atoms with Crippen molar-refractivity contribution in [2.45, 2.75) is 32.7 Å². The Morgan fingerprint density at radius 2 is 2.14 bits per heavy atom. The molecule has 1 N–H and O–H groups in total. The molecule has 5 heteroatoms. The molecule has 1 saturated heterocycles. The van der Waals surface area contributed by atoms with Crippen molar-refractivity contribution in [1.29, 1.82) is 0 Å². The molecule has 2 atom stereocenters. The van der Waals surface area contributed by atoms with E-state index in [1.807, 2.05) is 0 Å². The Kier molecular flexibility index (Phi) is 4.04.